The quantitative estimate of drug-likeness (QED) is 0.527. The Morgan fingerprint density at radius 2 is 2.00 bits per heavy atom. The average Bonchev–Trinajstić information content (AvgIpc) is 2.27. The second kappa shape index (κ2) is 5.55. The third-order valence-corrected chi connectivity index (χ3v) is 2.22. The second-order valence-corrected chi connectivity index (χ2v) is 3.41. The van der Waals surface area contributed by atoms with Gasteiger partial charge in [0.2, 0.25) is 0 Å². The Kier molecular flexibility index (Phi) is 4.36. The number of nitrogens with two attached hydrogens (primary N) is 1. The number of nitrogens with one attached hydrogen (secondary N) is 1. The lowest BCUT2D eigenvalue weighted by Crippen LogP contribution is -2.29. The molecule has 4 N–H and O–H groups in total. The fraction of sp³-hybridized carbons (Fsp3) is 0.300. The largest absolute Gasteiger partial charge is 0.395 e. The van der Waals surface area contributed by atoms with Gasteiger partial charge in [0.15, 0.2) is 11.6 Å². The van der Waals surface area contributed by atoms with Crippen LogP contribution in [0.1, 0.15) is 10.4 Å². The van der Waals surface area contributed by atoms with Crippen molar-refractivity contribution in [3.8, 4) is 0 Å². The number of likely N-dealkylation sites (N-methyl/N-ethyl adjacent to an activating group) is 1. The molecule has 0 aromatic heterocycles. The number of halogens is 2. The molecule has 17 heavy (non-hydrogen) atoms. The fourth-order valence-electron chi connectivity index (χ4n) is 1.31. The summed E-state index contributed by atoms with van der Waals surface area (Å²) in [5, 5.41) is 8.66. The normalized spacial score (nSPS) is 10.2. The van der Waals surface area contributed by atoms with Gasteiger partial charge < -0.3 is 15.4 Å². The van der Waals surface area contributed by atoms with Crippen molar-refractivity contribution in [2.24, 2.45) is 5.84 Å². The van der Waals surface area contributed by atoms with Crippen molar-refractivity contribution in [3.05, 3.63) is 29.3 Å². The maximum Gasteiger partial charge on any atom is 0.253 e. The number of aliphatic hydroxyl groups excluding tert-OH is 1. The van der Waals surface area contributed by atoms with Gasteiger partial charge >= 0.3 is 0 Å². The summed E-state index contributed by atoms with van der Waals surface area (Å²) in [6.07, 6.45) is 0. The minimum Gasteiger partial charge on any atom is -0.395 e. The van der Waals surface area contributed by atoms with Gasteiger partial charge in [0.05, 0.1) is 6.61 Å². The van der Waals surface area contributed by atoms with Crippen molar-refractivity contribution in [1.29, 1.82) is 0 Å². The highest BCUT2D eigenvalue weighted by Crippen LogP contribution is 2.20. The van der Waals surface area contributed by atoms with Crippen LogP contribution in [-0.2, 0) is 0 Å². The number of carbonyl (C=O) groups is 1. The Morgan fingerprint density at radius 3 is 2.41 bits per heavy atom. The monoisotopic (exact) mass is 245 g/mol. The Bertz CT molecular complexity index is 403. The molecule has 1 rings (SSSR count). The van der Waals surface area contributed by atoms with E-state index in [-0.39, 0.29) is 18.7 Å². The highest BCUT2D eigenvalue weighted by Gasteiger charge is 2.17. The highest BCUT2D eigenvalue weighted by molar-refractivity contribution is 5.94. The van der Waals surface area contributed by atoms with Crippen LogP contribution in [0.2, 0.25) is 0 Å². The number of hydrogen-bond acceptors (Lipinski definition) is 4. The summed E-state index contributed by atoms with van der Waals surface area (Å²) < 4.78 is 26.6. The molecule has 7 heteroatoms. The van der Waals surface area contributed by atoms with Gasteiger partial charge in [0, 0.05) is 19.2 Å². The van der Waals surface area contributed by atoms with Crippen molar-refractivity contribution >= 4 is 11.6 Å². The van der Waals surface area contributed by atoms with Gasteiger partial charge in [-0.1, -0.05) is 0 Å². The number of rotatable bonds is 4. The number of benzene rings is 1. The van der Waals surface area contributed by atoms with E-state index in [9.17, 15) is 13.6 Å². The summed E-state index contributed by atoms with van der Waals surface area (Å²) in [4.78, 5) is 12.8. The lowest BCUT2D eigenvalue weighted by molar-refractivity contribution is 0.0766. The maximum atomic E-state index is 13.3. The van der Waals surface area contributed by atoms with Gasteiger partial charge in [-0.15, -0.1) is 0 Å². The first kappa shape index (κ1) is 13.3. The van der Waals surface area contributed by atoms with Gasteiger partial charge in [-0.3, -0.25) is 10.6 Å². The van der Waals surface area contributed by atoms with Gasteiger partial charge in [0.1, 0.15) is 5.69 Å². The van der Waals surface area contributed by atoms with E-state index in [1.165, 1.54) is 7.05 Å². The Hall–Kier alpha value is -1.73. The average molecular weight is 245 g/mol. The second-order valence-electron chi connectivity index (χ2n) is 3.41. The molecule has 0 bridgehead atoms. The van der Waals surface area contributed by atoms with Crippen molar-refractivity contribution in [3.63, 3.8) is 0 Å². The van der Waals surface area contributed by atoms with Crippen LogP contribution in [0.4, 0.5) is 14.5 Å². The third kappa shape index (κ3) is 2.89. The number of hydrogen-bond donors (Lipinski definition) is 3. The van der Waals surface area contributed by atoms with Gasteiger partial charge in [-0.25, -0.2) is 8.78 Å². The summed E-state index contributed by atoms with van der Waals surface area (Å²) in [6.45, 7) is -0.144. The molecule has 0 unspecified atom stereocenters. The first-order chi connectivity index (χ1) is 8.01. The molecule has 1 aromatic carbocycles. The molecule has 0 radical (unpaired) electrons. The zero-order valence-corrected chi connectivity index (χ0v) is 9.20. The predicted molar refractivity (Wildman–Crippen MR) is 58.2 cm³/mol. The van der Waals surface area contributed by atoms with Crippen LogP contribution in [0.15, 0.2) is 12.1 Å². The molecule has 94 valence electrons. The van der Waals surface area contributed by atoms with Crippen molar-refractivity contribution in [2.45, 2.75) is 0 Å². The number of hydrazine groups is 1. The number of anilines is 1. The topological polar surface area (TPSA) is 78.6 Å². The molecule has 0 heterocycles. The Balaban J connectivity index is 3.04. The van der Waals surface area contributed by atoms with E-state index in [1.807, 2.05) is 5.43 Å². The van der Waals surface area contributed by atoms with E-state index in [0.717, 1.165) is 17.0 Å². The van der Waals surface area contributed by atoms with E-state index in [1.54, 1.807) is 0 Å². The maximum absolute atomic E-state index is 13.3. The standard InChI is InChI=1S/C10H13F2N3O2/c1-15(2-3-16)10(17)6-4-7(11)9(14-13)8(12)5-6/h4-5,14,16H,2-3,13H2,1H3. The molecular formula is C10H13F2N3O2. The van der Waals surface area contributed by atoms with E-state index in [2.05, 4.69) is 0 Å². The molecule has 0 spiro atoms. The lowest BCUT2D eigenvalue weighted by atomic mass is 10.1. The van der Waals surface area contributed by atoms with Crippen molar-refractivity contribution in [2.75, 3.05) is 25.6 Å². The molecule has 1 aromatic rings. The Labute approximate surface area is 96.8 Å². The molecule has 1 amide bonds. The minimum atomic E-state index is -0.951. The predicted octanol–water partition coefficient (Wildman–Crippen LogP) is 0.315. The smallest absolute Gasteiger partial charge is 0.253 e. The molecule has 5 nitrogen and oxygen atoms in total. The molecular weight excluding hydrogens is 232 g/mol. The van der Waals surface area contributed by atoms with E-state index >= 15 is 0 Å². The molecule has 0 atom stereocenters. The highest BCUT2D eigenvalue weighted by atomic mass is 19.1. The van der Waals surface area contributed by atoms with Crippen LogP contribution in [-0.4, -0.2) is 36.1 Å². The molecule has 0 saturated heterocycles. The van der Waals surface area contributed by atoms with Crippen LogP contribution < -0.4 is 11.3 Å². The zero-order valence-electron chi connectivity index (χ0n) is 9.20. The van der Waals surface area contributed by atoms with Crippen LogP contribution in [0.5, 0.6) is 0 Å². The number of carbonyl (C=O) groups excluding carboxylic acids is 1. The fourth-order valence-corrected chi connectivity index (χ4v) is 1.31. The van der Waals surface area contributed by atoms with Gasteiger partial charge in [-0.05, 0) is 12.1 Å². The van der Waals surface area contributed by atoms with Crippen LogP contribution >= 0.6 is 0 Å². The molecule has 0 aliphatic heterocycles. The summed E-state index contributed by atoms with van der Waals surface area (Å²) in [5.41, 5.74) is 1.23. The van der Waals surface area contributed by atoms with Crippen LogP contribution in [0, 0.1) is 11.6 Å². The summed E-state index contributed by atoms with van der Waals surface area (Å²) >= 11 is 0. The molecule has 0 saturated carbocycles. The summed E-state index contributed by atoms with van der Waals surface area (Å²) in [5.74, 6) is 2.44. The van der Waals surface area contributed by atoms with Crippen LogP contribution in [0.25, 0.3) is 0 Å². The van der Waals surface area contributed by atoms with E-state index < -0.39 is 23.2 Å². The first-order valence-electron chi connectivity index (χ1n) is 4.83. The third-order valence-electron chi connectivity index (χ3n) is 2.22. The van der Waals surface area contributed by atoms with Crippen molar-refractivity contribution < 1.29 is 18.7 Å². The lowest BCUT2D eigenvalue weighted by Gasteiger charge is -2.16. The Morgan fingerprint density at radius 1 is 1.47 bits per heavy atom. The van der Waals surface area contributed by atoms with Crippen molar-refractivity contribution in [1.82, 2.24) is 4.90 Å². The minimum absolute atomic E-state index is 0.0823. The number of nitrogens with zero attached hydrogens (tertiary/aromatic N) is 1. The molecule has 0 fully saturated rings. The number of nitrogen functional groups attached to an aromatic ring is 1. The van der Waals surface area contributed by atoms with Gasteiger partial charge in [-0.2, -0.15) is 0 Å². The zero-order chi connectivity index (χ0) is 13.0. The van der Waals surface area contributed by atoms with Gasteiger partial charge in [0.25, 0.3) is 5.91 Å². The van der Waals surface area contributed by atoms with E-state index in [0.29, 0.717) is 0 Å². The summed E-state index contributed by atoms with van der Waals surface area (Å²) in [6, 6.07) is 1.77. The molecule has 0 aliphatic carbocycles. The first-order valence-corrected chi connectivity index (χ1v) is 4.83. The van der Waals surface area contributed by atoms with E-state index in [4.69, 9.17) is 10.9 Å². The SMILES string of the molecule is CN(CCO)C(=O)c1cc(F)c(NN)c(F)c1. The summed E-state index contributed by atoms with van der Waals surface area (Å²) in [7, 11) is 1.42. The van der Waals surface area contributed by atoms with Crippen LogP contribution in [0.3, 0.4) is 0 Å². The number of aliphatic hydroxyl groups is 1. The molecule has 0 aliphatic rings. The number of amides is 1.